The smallest absolute Gasteiger partial charge is 0.299 e. The molecule has 0 spiro atoms. The normalized spacial score (nSPS) is 22.7. The molecular formula is C15H15N3O2S. The molecule has 0 bridgehead atoms. The van der Waals surface area contributed by atoms with Crippen LogP contribution in [0.4, 0.5) is 10.5 Å². The molecule has 5 nitrogen and oxygen atoms in total. The monoisotopic (exact) mass is 301 g/mol. The number of allylic oxidation sites excluding steroid dienone is 1. The Hall–Kier alpha value is -2.08. The minimum atomic E-state index is -0.143. The van der Waals surface area contributed by atoms with Crippen molar-refractivity contribution in [3.8, 4) is 0 Å². The van der Waals surface area contributed by atoms with Crippen molar-refractivity contribution in [2.45, 2.75) is 25.5 Å². The number of hydrogen-bond donors (Lipinski definition) is 2. The summed E-state index contributed by atoms with van der Waals surface area (Å²) >= 11 is 1.21. The molecule has 108 valence electrons. The maximum Gasteiger partial charge on any atom is 0.299 e. The molecule has 0 aliphatic carbocycles. The van der Waals surface area contributed by atoms with Gasteiger partial charge in [-0.15, -0.1) is 0 Å². The number of carbonyl (C=O) groups is 2. The first-order valence-electron chi connectivity index (χ1n) is 6.80. The highest BCUT2D eigenvalue weighted by molar-refractivity contribution is 8.14. The zero-order valence-corrected chi connectivity index (χ0v) is 12.6. The van der Waals surface area contributed by atoms with E-state index < -0.39 is 0 Å². The Morgan fingerprint density at radius 2 is 2.19 bits per heavy atom. The van der Waals surface area contributed by atoms with Gasteiger partial charge in [-0.05, 0) is 31.0 Å². The molecule has 1 aromatic rings. The highest BCUT2D eigenvalue weighted by Crippen LogP contribution is 2.34. The highest BCUT2D eigenvalue weighted by atomic mass is 32.2. The molecule has 1 aromatic carbocycles. The summed E-state index contributed by atoms with van der Waals surface area (Å²) in [7, 11) is 0. The van der Waals surface area contributed by atoms with Gasteiger partial charge in [0.1, 0.15) is 0 Å². The second-order valence-corrected chi connectivity index (χ2v) is 6.21. The molecule has 0 fully saturated rings. The Balaban J connectivity index is 2.03. The van der Waals surface area contributed by atoms with Gasteiger partial charge in [0.15, 0.2) is 0 Å². The fourth-order valence-corrected chi connectivity index (χ4v) is 3.21. The second kappa shape index (κ2) is 5.37. The van der Waals surface area contributed by atoms with E-state index >= 15 is 0 Å². The fraction of sp³-hybridized carbons (Fsp3) is 0.267. The number of hydrazone groups is 1. The van der Waals surface area contributed by atoms with E-state index in [-0.39, 0.29) is 16.4 Å². The summed E-state index contributed by atoms with van der Waals surface area (Å²) in [6.45, 7) is 3.95. The standard InChI is InChI=1S/C15H15N3O2S/c1-3-4-10-11-7-9(5-6-12(11)16-14(10)19)13-8(2)21-15(20)18-17-13/h4-8H,3H2,1-2H3,(H,16,19)(H,18,20)/b10-4-. The molecule has 6 heteroatoms. The van der Waals surface area contributed by atoms with Crippen molar-refractivity contribution in [1.82, 2.24) is 5.43 Å². The summed E-state index contributed by atoms with van der Waals surface area (Å²) < 4.78 is 0. The van der Waals surface area contributed by atoms with Crippen LogP contribution < -0.4 is 10.7 Å². The van der Waals surface area contributed by atoms with Gasteiger partial charge >= 0.3 is 0 Å². The average Bonchev–Trinajstić information content (AvgIpc) is 2.75. The van der Waals surface area contributed by atoms with Crippen LogP contribution in [-0.2, 0) is 4.79 Å². The minimum Gasteiger partial charge on any atom is -0.321 e. The number of nitrogens with zero attached hydrogens (tertiary/aromatic N) is 1. The molecular weight excluding hydrogens is 286 g/mol. The lowest BCUT2D eigenvalue weighted by Crippen LogP contribution is -2.29. The molecule has 3 rings (SSSR count). The Morgan fingerprint density at radius 1 is 1.38 bits per heavy atom. The van der Waals surface area contributed by atoms with Crippen LogP contribution >= 0.6 is 11.8 Å². The lowest BCUT2D eigenvalue weighted by atomic mass is 10.00. The van der Waals surface area contributed by atoms with E-state index in [2.05, 4.69) is 15.8 Å². The fourth-order valence-electron chi connectivity index (χ4n) is 2.49. The molecule has 0 saturated heterocycles. The van der Waals surface area contributed by atoms with Gasteiger partial charge in [-0.25, -0.2) is 5.43 Å². The maximum atomic E-state index is 11.9. The average molecular weight is 301 g/mol. The third-order valence-corrected chi connectivity index (χ3v) is 4.33. The summed E-state index contributed by atoms with van der Waals surface area (Å²) in [5, 5.41) is 6.85. The van der Waals surface area contributed by atoms with Crippen molar-refractivity contribution < 1.29 is 9.59 Å². The molecule has 0 aromatic heterocycles. The van der Waals surface area contributed by atoms with Crippen molar-refractivity contribution in [2.75, 3.05) is 5.32 Å². The van der Waals surface area contributed by atoms with Crippen LogP contribution in [0.15, 0.2) is 29.4 Å². The SMILES string of the molecule is CC/C=C1\C(=O)Nc2ccc(C3=NNC(=O)SC3C)cc21. The minimum absolute atomic E-state index is 0.0135. The zero-order valence-electron chi connectivity index (χ0n) is 11.8. The Labute approximate surface area is 126 Å². The zero-order chi connectivity index (χ0) is 15.0. The van der Waals surface area contributed by atoms with Gasteiger partial charge in [-0.3, -0.25) is 9.59 Å². The molecule has 0 radical (unpaired) electrons. The predicted octanol–water partition coefficient (Wildman–Crippen LogP) is 2.98. The van der Waals surface area contributed by atoms with Crippen LogP contribution in [-0.4, -0.2) is 22.1 Å². The van der Waals surface area contributed by atoms with Crippen LogP contribution in [0.5, 0.6) is 0 Å². The molecule has 0 saturated carbocycles. The van der Waals surface area contributed by atoms with Crippen molar-refractivity contribution in [1.29, 1.82) is 0 Å². The number of amides is 2. The van der Waals surface area contributed by atoms with E-state index in [4.69, 9.17) is 0 Å². The first kappa shape index (κ1) is 13.9. The van der Waals surface area contributed by atoms with E-state index in [1.165, 1.54) is 11.8 Å². The molecule has 21 heavy (non-hydrogen) atoms. The number of carbonyl (C=O) groups excluding carboxylic acids is 2. The van der Waals surface area contributed by atoms with Crippen molar-refractivity contribution in [2.24, 2.45) is 5.10 Å². The van der Waals surface area contributed by atoms with E-state index in [1.54, 1.807) is 0 Å². The van der Waals surface area contributed by atoms with Gasteiger partial charge in [0.25, 0.3) is 11.1 Å². The molecule has 1 unspecified atom stereocenters. The van der Waals surface area contributed by atoms with Crippen molar-refractivity contribution in [3.05, 3.63) is 35.4 Å². The van der Waals surface area contributed by atoms with E-state index in [1.807, 2.05) is 38.1 Å². The number of hydrogen-bond acceptors (Lipinski definition) is 4. The number of rotatable bonds is 2. The number of thioether (sulfide) groups is 1. The van der Waals surface area contributed by atoms with Crippen LogP contribution in [0.2, 0.25) is 0 Å². The van der Waals surface area contributed by atoms with Crippen LogP contribution in [0, 0.1) is 0 Å². The summed E-state index contributed by atoms with van der Waals surface area (Å²) in [5.74, 6) is -0.0645. The van der Waals surface area contributed by atoms with Crippen LogP contribution in [0.3, 0.4) is 0 Å². The Morgan fingerprint density at radius 3 is 2.90 bits per heavy atom. The number of anilines is 1. The van der Waals surface area contributed by atoms with Crippen LogP contribution in [0.1, 0.15) is 31.4 Å². The first-order chi connectivity index (χ1) is 10.1. The summed E-state index contributed by atoms with van der Waals surface area (Å²) in [4.78, 5) is 23.2. The summed E-state index contributed by atoms with van der Waals surface area (Å²) in [6, 6.07) is 5.76. The van der Waals surface area contributed by atoms with Crippen molar-refractivity contribution >= 4 is 39.9 Å². The lowest BCUT2D eigenvalue weighted by Gasteiger charge is -2.18. The van der Waals surface area contributed by atoms with E-state index in [9.17, 15) is 9.59 Å². The Kier molecular flexibility index (Phi) is 3.55. The first-order valence-corrected chi connectivity index (χ1v) is 7.68. The van der Waals surface area contributed by atoms with Crippen molar-refractivity contribution in [3.63, 3.8) is 0 Å². The third kappa shape index (κ3) is 2.47. The quantitative estimate of drug-likeness (QED) is 0.825. The third-order valence-electron chi connectivity index (χ3n) is 3.44. The molecule has 2 amide bonds. The van der Waals surface area contributed by atoms with Gasteiger partial charge in [-0.2, -0.15) is 5.10 Å². The number of nitrogens with one attached hydrogen (secondary N) is 2. The molecule has 1 atom stereocenters. The van der Waals surface area contributed by atoms with Gasteiger partial charge < -0.3 is 5.32 Å². The van der Waals surface area contributed by atoms with E-state index in [0.717, 1.165) is 28.9 Å². The van der Waals surface area contributed by atoms with Gasteiger partial charge in [-0.1, -0.05) is 30.8 Å². The van der Waals surface area contributed by atoms with Crippen LogP contribution in [0.25, 0.3) is 5.57 Å². The molecule has 2 N–H and O–H groups in total. The number of fused-ring (bicyclic) bond motifs is 1. The summed E-state index contributed by atoms with van der Waals surface area (Å²) in [5.41, 5.74) is 6.66. The van der Waals surface area contributed by atoms with Gasteiger partial charge in [0, 0.05) is 16.8 Å². The predicted molar refractivity (Wildman–Crippen MR) is 85.5 cm³/mol. The lowest BCUT2D eigenvalue weighted by molar-refractivity contribution is -0.110. The van der Waals surface area contributed by atoms with Gasteiger partial charge in [0.2, 0.25) is 0 Å². The van der Waals surface area contributed by atoms with E-state index in [0.29, 0.717) is 5.57 Å². The second-order valence-electron chi connectivity index (χ2n) is 4.90. The maximum absolute atomic E-state index is 11.9. The Bertz CT molecular complexity index is 694. The topological polar surface area (TPSA) is 70.6 Å². The molecule has 2 heterocycles. The molecule has 2 aliphatic rings. The number of benzene rings is 1. The highest BCUT2D eigenvalue weighted by Gasteiger charge is 2.27. The largest absolute Gasteiger partial charge is 0.321 e. The summed E-state index contributed by atoms with van der Waals surface area (Å²) in [6.07, 6.45) is 2.73. The molecule has 2 aliphatic heterocycles. The van der Waals surface area contributed by atoms with Gasteiger partial charge in [0.05, 0.1) is 11.0 Å².